The fourth-order valence-corrected chi connectivity index (χ4v) is 5.79. The van der Waals surface area contributed by atoms with Crippen LogP contribution in [0.5, 0.6) is 5.88 Å². The summed E-state index contributed by atoms with van der Waals surface area (Å²) < 4.78 is 38.1. The molecule has 0 spiro atoms. The summed E-state index contributed by atoms with van der Waals surface area (Å²) in [5.74, 6) is 0.540. The molecule has 0 fully saturated rings. The Morgan fingerprint density at radius 1 is 1.43 bits per heavy atom. The Labute approximate surface area is 174 Å². The number of anilines is 1. The van der Waals surface area contributed by atoms with Crippen LogP contribution in [0.3, 0.4) is 0 Å². The van der Waals surface area contributed by atoms with E-state index in [1.165, 1.54) is 6.20 Å². The van der Waals surface area contributed by atoms with Crippen LogP contribution in [0.15, 0.2) is 21.5 Å². The highest BCUT2D eigenvalue weighted by Gasteiger charge is 2.32. The van der Waals surface area contributed by atoms with Crippen molar-refractivity contribution in [3.05, 3.63) is 34.5 Å². The van der Waals surface area contributed by atoms with Gasteiger partial charge in [-0.15, -0.1) is 4.36 Å². The number of urea groups is 1. The zero-order valence-electron chi connectivity index (χ0n) is 16.7. The summed E-state index contributed by atoms with van der Waals surface area (Å²) in [6, 6.07) is 1.26. The smallest absolute Gasteiger partial charge is 0.354 e. The molecule has 5 rings (SSSR count). The Hall–Kier alpha value is -2.46. The van der Waals surface area contributed by atoms with E-state index in [9.17, 15) is 13.4 Å². The average molecular weight is 434 g/mol. The lowest BCUT2D eigenvalue weighted by molar-refractivity contribution is 0.224. The minimum Gasteiger partial charge on any atom is -0.477 e. The maximum absolute atomic E-state index is 14.1. The van der Waals surface area contributed by atoms with Gasteiger partial charge in [0.05, 0.1) is 12.8 Å². The average Bonchev–Trinajstić information content (AvgIpc) is 3.37. The molecule has 2 aliphatic carbocycles. The topological polar surface area (TPSA) is 112 Å². The molecule has 1 aromatic carbocycles. The number of rotatable bonds is 2. The number of amides is 2. The van der Waals surface area contributed by atoms with E-state index in [1.807, 2.05) is 0 Å². The number of fused-ring (bicyclic) bond motifs is 3. The first-order valence-corrected chi connectivity index (χ1v) is 11.8. The van der Waals surface area contributed by atoms with Gasteiger partial charge in [0, 0.05) is 31.5 Å². The van der Waals surface area contributed by atoms with Crippen LogP contribution in [0, 0.1) is 0 Å². The molecule has 3 aliphatic rings. The van der Waals surface area contributed by atoms with Crippen molar-refractivity contribution in [3.63, 3.8) is 0 Å². The number of aromatic nitrogens is 2. The molecule has 3 N–H and O–H groups in total. The van der Waals surface area contributed by atoms with Crippen molar-refractivity contribution in [2.75, 3.05) is 11.9 Å². The number of nitrogens with one attached hydrogen (secondary N) is 1. The fraction of sp³-hybridized carbons (Fsp3) is 0.500. The molecule has 1 aromatic heterocycles. The van der Waals surface area contributed by atoms with Gasteiger partial charge in [-0.25, -0.2) is 23.2 Å². The van der Waals surface area contributed by atoms with Gasteiger partial charge in [0.25, 0.3) is 0 Å². The first-order valence-electron chi connectivity index (χ1n) is 10.2. The fourth-order valence-electron chi connectivity index (χ4n) is 4.78. The molecule has 1 aliphatic heterocycles. The van der Waals surface area contributed by atoms with E-state index >= 15 is 0 Å². The van der Waals surface area contributed by atoms with Crippen LogP contribution in [0.1, 0.15) is 47.9 Å². The Morgan fingerprint density at radius 3 is 3.10 bits per heavy atom. The van der Waals surface area contributed by atoms with Gasteiger partial charge in [0.2, 0.25) is 5.88 Å². The molecule has 30 heavy (non-hydrogen) atoms. The van der Waals surface area contributed by atoms with Crippen molar-refractivity contribution in [2.45, 2.75) is 62.6 Å². The predicted molar refractivity (Wildman–Crippen MR) is 110 cm³/mol. The SMILES string of the molecule is C[C@H]1CCc2cc3c(c(NC(=O)N=[S@](N)(=O)c4cnn5c4OCCC5)c21)C[C@H](F)C3. The first kappa shape index (κ1) is 19.5. The number of carbonyl (C=O) groups excluding carboxylic acids is 1. The number of halogens is 1. The van der Waals surface area contributed by atoms with Crippen LogP contribution in [0.4, 0.5) is 14.9 Å². The summed E-state index contributed by atoms with van der Waals surface area (Å²) in [5.41, 5.74) is 4.52. The van der Waals surface area contributed by atoms with E-state index in [4.69, 9.17) is 9.88 Å². The van der Waals surface area contributed by atoms with Crippen molar-refractivity contribution in [1.82, 2.24) is 9.78 Å². The maximum atomic E-state index is 14.1. The first-order chi connectivity index (χ1) is 14.3. The number of hydrogen-bond acceptors (Lipinski definition) is 4. The second-order valence-electron chi connectivity index (χ2n) is 8.24. The third-order valence-corrected chi connectivity index (χ3v) is 7.49. The van der Waals surface area contributed by atoms with Crippen molar-refractivity contribution < 1.29 is 18.1 Å². The van der Waals surface area contributed by atoms with Gasteiger partial charge in [0.1, 0.15) is 11.1 Å². The van der Waals surface area contributed by atoms with Crippen LogP contribution in [0.25, 0.3) is 0 Å². The van der Waals surface area contributed by atoms with Gasteiger partial charge in [-0.05, 0) is 41.0 Å². The molecular weight excluding hydrogens is 409 g/mol. The zero-order valence-corrected chi connectivity index (χ0v) is 17.5. The van der Waals surface area contributed by atoms with E-state index in [2.05, 4.69) is 27.8 Å². The van der Waals surface area contributed by atoms with Crippen molar-refractivity contribution in [3.8, 4) is 5.88 Å². The Morgan fingerprint density at radius 2 is 2.27 bits per heavy atom. The molecule has 160 valence electrons. The lowest BCUT2D eigenvalue weighted by Crippen LogP contribution is -2.21. The van der Waals surface area contributed by atoms with Crippen LogP contribution >= 0.6 is 0 Å². The summed E-state index contributed by atoms with van der Waals surface area (Å²) in [4.78, 5) is 12.9. The standard InChI is InChI=1S/C20H24FN5O3S/c1-11-3-4-12-7-13-8-14(21)9-15(13)18(17(11)12)24-20(27)25-30(22,28)16-10-23-26-5-2-6-29-19(16)26/h7,10-11,14H,2-6,8-9H2,1H3,(H3,22,24,25,27,28)/t11-,14+,30-/m0/s1. The minimum atomic E-state index is -3.55. The third kappa shape index (κ3) is 3.18. The van der Waals surface area contributed by atoms with E-state index in [0.29, 0.717) is 31.1 Å². The van der Waals surface area contributed by atoms with Crippen LogP contribution in [-0.2, 0) is 35.7 Å². The molecule has 0 saturated carbocycles. The van der Waals surface area contributed by atoms with E-state index in [1.54, 1.807) is 4.68 Å². The van der Waals surface area contributed by atoms with Gasteiger partial charge in [-0.1, -0.05) is 13.0 Å². The Kier molecular flexibility index (Phi) is 4.59. The van der Waals surface area contributed by atoms with Crippen LogP contribution in [-0.4, -0.2) is 32.8 Å². The van der Waals surface area contributed by atoms with Crippen molar-refractivity contribution >= 4 is 21.6 Å². The molecule has 0 unspecified atom stereocenters. The molecule has 0 radical (unpaired) electrons. The highest BCUT2D eigenvalue weighted by molar-refractivity contribution is 7.91. The molecule has 3 atom stereocenters. The second-order valence-corrected chi connectivity index (χ2v) is 10.00. The molecule has 8 nitrogen and oxygen atoms in total. The summed E-state index contributed by atoms with van der Waals surface area (Å²) >= 11 is 0. The van der Waals surface area contributed by atoms with Crippen molar-refractivity contribution in [2.24, 2.45) is 9.50 Å². The zero-order chi connectivity index (χ0) is 21.0. The number of aryl methyl sites for hydroxylation is 2. The molecule has 0 bridgehead atoms. The highest BCUT2D eigenvalue weighted by Crippen LogP contribution is 2.44. The minimum absolute atomic E-state index is 0.109. The van der Waals surface area contributed by atoms with Crippen molar-refractivity contribution in [1.29, 1.82) is 0 Å². The number of ether oxygens (including phenoxy) is 1. The number of hydrogen-bond donors (Lipinski definition) is 2. The quantitative estimate of drug-likeness (QED) is 0.758. The second kappa shape index (κ2) is 7.05. The van der Waals surface area contributed by atoms with Gasteiger partial charge in [-0.3, -0.25) is 0 Å². The number of alkyl halides is 1. The molecular formula is C20H24FN5O3S. The number of nitrogens with zero attached hydrogens (tertiary/aromatic N) is 3. The molecule has 2 aromatic rings. The molecule has 10 heteroatoms. The van der Waals surface area contributed by atoms with E-state index in [0.717, 1.165) is 41.5 Å². The normalized spacial score (nSPS) is 23.7. The summed E-state index contributed by atoms with van der Waals surface area (Å²) in [5, 5.41) is 12.9. The Balaban J connectivity index is 1.51. The molecule has 2 amide bonds. The number of benzene rings is 1. The predicted octanol–water partition coefficient (Wildman–Crippen LogP) is 3.08. The number of carbonyl (C=O) groups is 1. The van der Waals surface area contributed by atoms with E-state index < -0.39 is 22.1 Å². The lowest BCUT2D eigenvalue weighted by atomic mass is 9.95. The van der Waals surface area contributed by atoms with E-state index in [-0.39, 0.29) is 17.2 Å². The van der Waals surface area contributed by atoms with Gasteiger partial charge in [0.15, 0.2) is 9.92 Å². The molecule has 2 heterocycles. The maximum Gasteiger partial charge on any atom is 0.354 e. The van der Waals surface area contributed by atoms with Gasteiger partial charge >= 0.3 is 6.03 Å². The monoisotopic (exact) mass is 433 g/mol. The molecule has 0 saturated heterocycles. The number of nitrogens with two attached hydrogens (primary N) is 1. The van der Waals surface area contributed by atoms with Crippen LogP contribution in [0.2, 0.25) is 0 Å². The largest absolute Gasteiger partial charge is 0.477 e. The lowest BCUT2D eigenvalue weighted by Gasteiger charge is -2.18. The Bertz CT molecular complexity index is 1170. The van der Waals surface area contributed by atoms with Gasteiger partial charge < -0.3 is 10.1 Å². The summed E-state index contributed by atoms with van der Waals surface area (Å²) in [6.07, 6.45) is 3.65. The third-order valence-electron chi connectivity index (χ3n) is 6.14. The highest BCUT2D eigenvalue weighted by atomic mass is 32.2. The summed E-state index contributed by atoms with van der Waals surface area (Å²) in [6.45, 7) is 3.18. The van der Waals surface area contributed by atoms with Gasteiger partial charge in [-0.2, -0.15) is 5.10 Å². The summed E-state index contributed by atoms with van der Waals surface area (Å²) in [7, 11) is -3.55. The van der Waals surface area contributed by atoms with Crippen LogP contribution < -0.4 is 15.2 Å².